The quantitative estimate of drug-likeness (QED) is 0.781. The van der Waals surface area contributed by atoms with Crippen LogP contribution < -0.4 is 5.32 Å². The lowest BCUT2D eigenvalue weighted by Gasteiger charge is -2.02. The lowest BCUT2D eigenvalue weighted by Crippen LogP contribution is -2.22. The van der Waals surface area contributed by atoms with Crippen LogP contribution in [-0.4, -0.2) is 11.9 Å². The van der Waals surface area contributed by atoms with E-state index in [1.165, 1.54) is 11.1 Å². The van der Waals surface area contributed by atoms with Gasteiger partial charge in [-0.25, -0.2) is 0 Å². The van der Waals surface area contributed by atoms with Gasteiger partial charge in [-0.15, -0.1) is 0 Å². The van der Waals surface area contributed by atoms with Crippen molar-refractivity contribution in [2.24, 2.45) is 0 Å². The fourth-order valence-corrected chi connectivity index (χ4v) is 1.69. The monoisotopic (exact) mass is 201 g/mol. The fourth-order valence-electron chi connectivity index (χ4n) is 1.69. The van der Waals surface area contributed by atoms with Crippen molar-refractivity contribution >= 4 is 12.0 Å². The van der Waals surface area contributed by atoms with Gasteiger partial charge < -0.3 is 5.32 Å². The van der Waals surface area contributed by atoms with Crippen LogP contribution in [0, 0.1) is 6.92 Å². The highest BCUT2D eigenvalue weighted by molar-refractivity contribution is 5.79. The molecule has 1 aliphatic heterocycles. The molecule has 2 nitrogen and oxygen atoms in total. The van der Waals surface area contributed by atoms with E-state index in [0.29, 0.717) is 6.42 Å². The molecule has 0 spiro atoms. The molecule has 0 aliphatic carbocycles. The Labute approximate surface area is 90.0 Å². The topological polar surface area (TPSA) is 29.1 Å². The van der Waals surface area contributed by atoms with E-state index in [-0.39, 0.29) is 11.9 Å². The van der Waals surface area contributed by atoms with Crippen molar-refractivity contribution in [1.29, 1.82) is 0 Å². The Morgan fingerprint density at radius 2 is 2.07 bits per heavy atom. The molecule has 1 amide bonds. The lowest BCUT2D eigenvalue weighted by molar-refractivity contribution is -0.119. The van der Waals surface area contributed by atoms with Crippen LogP contribution in [0.25, 0.3) is 6.08 Å². The van der Waals surface area contributed by atoms with E-state index in [9.17, 15) is 4.79 Å². The Kier molecular flexibility index (Phi) is 2.86. The highest BCUT2D eigenvalue weighted by Gasteiger charge is 2.17. The number of aryl methyl sites for hydroxylation is 1. The zero-order valence-electron chi connectivity index (χ0n) is 8.86. The molecule has 0 unspecified atom stereocenters. The van der Waals surface area contributed by atoms with E-state index >= 15 is 0 Å². The van der Waals surface area contributed by atoms with Crippen molar-refractivity contribution in [3.63, 3.8) is 0 Å². The number of carbonyl (C=O) groups is 1. The molecule has 15 heavy (non-hydrogen) atoms. The van der Waals surface area contributed by atoms with Gasteiger partial charge in [-0.2, -0.15) is 0 Å². The van der Waals surface area contributed by atoms with Crippen LogP contribution in [0.15, 0.2) is 30.3 Å². The number of carbonyl (C=O) groups excluding carboxylic acids is 1. The van der Waals surface area contributed by atoms with Crippen molar-refractivity contribution in [2.75, 3.05) is 0 Å². The van der Waals surface area contributed by atoms with Crippen LogP contribution in [0.2, 0.25) is 0 Å². The summed E-state index contributed by atoms with van der Waals surface area (Å²) in [6.45, 7) is 2.07. The standard InChI is InChI=1S/C13H15NO/c1-10-2-4-11(5-3-10)6-7-12-8-9-13(15)14-12/h2-7,12H,8-9H2,1H3,(H,14,15)/b7-6+/t12-/m0/s1. The summed E-state index contributed by atoms with van der Waals surface area (Å²) in [4.78, 5) is 11.0. The van der Waals surface area contributed by atoms with Gasteiger partial charge in [0, 0.05) is 12.5 Å². The maximum absolute atomic E-state index is 11.0. The fraction of sp³-hybridized carbons (Fsp3) is 0.308. The Bertz CT molecular complexity index is 378. The second-order valence-electron chi connectivity index (χ2n) is 3.98. The molecule has 0 aromatic heterocycles. The first-order valence-electron chi connectivity index (χ1n) is 5.28. The highest BCUT2D eigenvalue weighted by Crippen LogP contribution is 2.11. The van der Waals surface area contributed by atoms with E-state index in [2.05, 4.69) is 48.7 Å². The molecule has 1 saturated heterocycles. The third kappa shape index (κ3) is 2.69. The predicted octanol–water partition coefficient (Wildman–Crippen LogP) is 2.29. The summed E-state index contributed by atoms with van der Waals surface area (Å²) in [7, 11) is 0. The van der Waals surface area contributed by atoms with Crippen molar-refractivity contribution in [3.05, 3.63) is 41.5 Å². The molecule has 0 radical (unpaired) electrons. The summed E-state index contributed by atoms with van der Waals surface area (Å²) in [6, 6.07) is 8.57. The van der Waals surface area contributed by atoms with Crippen LogP contribution in [-0.2, 0) is 4.79 Å². The second-order valence-corrected chi connectivity index (χ2v) is 3.98. The van der Waals surface area contributed by atoms with Crippen molar-refractivity contribution in [3.8, 4) is 0 Å². The number of hydrogen-bond acceptors (Lipinski definition) is 1. The van der Waals surface area contributed by atoms with Crippen molar-refractivity contribution in [1.82, 2.24) is 5.32 Å². The first kappa shape index (κ1) is 9.97. The Balaban J connectivity index is 1.99. The molecule has 1 N–H and O–H groups in total. The summed E-state index contributed by atoms with van der Waals surface area (Å²) in [6.07, 6.45) is 5.70. The van der Waals surface area contributed by atoms with E-state index in [1.807, 2.05) is 0 Å². The minimum Gasteiger partial charge on any atom is -0.350 e. The van der Waals surface area contributed by atoms with Crippen LogP contribution >= 0.6 is 0 Å². The predicted molar refractivity (Wildman–Crippen MR) is 61.4 cm³/mol. The number of amides is 1. The van der Waals surface area contributed by atoms with Gasteiger partial charge in [-0.05, 0) is 18.9 Å². The molecular weight excluding hydrogens is 186 g/mol. The summed E-state index contributed by atoms with van der Waals surface area (Å²) in [5.74, 6) is 0.161. The third-order valence-corrected chi connectivity index (χ3v) is 2.63. The third-order valence-electron chi connectivity index (χ3n) is 2.63. The van der Waals surface area contributed by atoms with Gasteiger partial charge in [0.05, 0.1) is 0 Å². The van der Waals surface area contributed by atoms with E-state index in [1.54, 1.807) is 0 Å². The van der Waals surface area contributed by atoms with Gasteiger partial charge in [0.2, 0.25) is 5.91 Å². The zero-order valence-corrected chi connectivity index (χ0v) is 8.86. The minimum atomic E-state index is 0.161. The number of nitrogens with one attached hydrogen (secondary N) is 1. The maximum atomic E-state index is 11.0. The summed E-state index contributed by atoms with van der Waals surface area (Å²) < 4.78 is 0. The van der Waals surface area contributed by atoms with Crippen LogP contribution in [0.4, 0.5) is 0 Å². The average Bonchev–Trinajstić information content (AvgIpc) is 2.64. The van der Waals surface area contributed by atoms with Crippen molar-refractivity contribution < 1.29 is 4.79 Å². The van der Waals surface area contributed by atoms with E-state index in [4.69, 9.17) is 0 Å². The molecule has 2 rings (SSSR count). The van der Waals surface area contributed by atoms with Crippen LogP contribution in [0.1, 0.15) is 24.0 Å². The first-order valence-corrected chi connectivity index (χ1v) is 5.28. The summed E-state index contributed by atoms with van der Waals surface area (Å²) >= 11 is 0. The van der Waals surface area contributed by atoms with Gasteiger partial charge in [-0.3, -0.25) is 4.79 Å². The molecule has 0 bridgehead atoms. The average molecular weight is 201 g/mol. The minimum absolute atomic E-state index is 0.161. The molecule has 1 aromatic carbocycles. The SMILES string of the molecule is Cc1ccc(/C=C/[C@H]2CCC(=O)N2)cc1. The van der Waals surface area contributed by atoms with Gasteiger partial charge in [0.1, 0.15) is 0 Å². The lowest BCUT2D eigenvalue weighted by atomic mass is 10.1. The molecule has 1 fully saturated rings. The molecule has 2 heteroatoms. The zero-order chi connectivity index (χ0) is 10.7. The Morgan fingerprint density at radius 3 is 2.67 bits per heavy atom. The molecular formula is C13H15NO. The van der Waals surface area contributed by atoms with Crippen LogP contribution in [0.3, 0.4) is 0 Å². The first-order chi connectivity index (χ1) is 7.24. The number of rotatable bonds is 2. The van der Waals surface area contributed by atoms with Gasteiger partial charge in [0.25, 0.3) is 0 Å². The molecule has 0 saturated carbocycles. The van der Waals surface area contributed by atoms with Gasteiger partial charge in [-0.1, -0.05) is 42.0 Å². The number of benzene rings is 1. The van der Waals surface area contributed by atoms with E-state index in [0.717, 1.165) is 6.42 Å². The maximum Gasteiger partial charge on any atom is 0.220 e. The summed E-state index contributed by atoms with van der Waals surface area (Å²) in [5, 5.41) is 2.91. The van der Waals surface area contributed by atoms with Crippen LogP contribution in [0.5, 0.6) is 0 Å². The summed E-state index contributed by atoms with van der Waals surface area (Å²) in [5.41, 5.74) is 2.45. The molecule has 1 aliphatic rings. The van der Waals surface area contributed by atoms with Gasteiger partial charge in [0.15, 0.2) is 0 Å². The number of hydrogen-bond donors (Lipinski definition) is 1. The van der Waals surface area contributed by atoms with E-state index < -0.39 is 0 Å². The Morgan fingerprint density at radius 1 is 1.33 bits per heavy atom. The highest BCUT2D eigenvalue weighted by atomic mass is 16.1. The Hall–Kier alpha value is -1.57. The smallest absolute Gasteiger partial charge is 0.220 e. The molecule has 1 heterocycles. The normalized spacial score (nSPS) is 20.9. The largest absolute Gasteiger partial charge is 0.350 e. The van der Waals surface area contributed by atoms with Crippen molar-refractivity contribution in [2.45, 2.75) is 25.8 Å². The molecule has 1 aromatic rings. The molecule has 1 atom stereocenters. The molecule has 78 valence electrons. The van der Waals surface area contributed by atoms with Gasteiger partial charge >= 0.3 is 0 Å². The second kappa shape index (κ2) is 4.30.